The van der Waals surface area contributed by atoms with Crippen molar-refractivity contribution in [3.05, 3.63) is 47.6 Å². The number of hydrogen-bond acceptors (Lipinski definition) is 4. The number of phenols is 1. The van der Waals surface area contributed by atoms with Gasteiger partial charge in [0.15, 0.2) is 0 Å². The average molecular weight is 603 g/mol. The molecule has 0 bridgehead atoms. The molecule has 2 N–H and O–H groups in total. The van der Waals surface area contributed by atoms with Gasteiger partial charge in [0.1, 0.15) is 11.9 Å². The first kappa shape index (κ1) is 31.4. The Morgan fingerprint density at radius 1 is 0.886 bits per heavy atom. The molecule has 1 aromatic rings. The summed E-state index contributed by atoms with van der Waals surface area (Å²) in [6.45, 7) is 16.9. The van der Waals surface area contributed by atoms with Crippen molar-refractivity contribution in [2.24, 2.45) is 56.7 Å². The van der Waals surface area contributed by atoms with Crippen molar-refractivity contribution in [2.45, 2.75) is 112 Å². The minimum Gasteiger partial charge on any atom is -0.508 e. The Morgan fingerprint density at radius 2 is 1.59 bits per heavy atom. The Hall–Kier alpha value is -2.56. The minimum absolute atomic E-state index is 0.00527. The van der Waals surface area contributed by atoms with E-state index in [0.717, 1.165) is 63.4 Å². The minimum atomic E-state index is -0.609. The van der Waals surface area contributed by atoms with Crippen LogP contribution in [0.1, 0.15) is 112 Å². The zero-order valence-corrected chi connectivity index (χ0v) is 28.0. The van der Waals surface area contributed by atoms with Crippen molar-refractivity contribution < 1.29 is 24.5 Å². The van der Waals surface area contributed by atoms with Crippen LogP contribution in [0.5, 0.6) is 5.75 Å². The smallest absolute Gasteiger partial charge is 0.331 e. The van der Waals surface area contributed by atoms with Crippen LogP contribution in [0.15, 0.2) is 42.0 Å². The van der Waals surface area contributed by atoms with E-state index in [9.17, 15) is 19.8 Å². The summed E-state index contributed by atoms with van der Waals surface area (Å²) in [5.74, 6) is 1.34. The molecule has 0 spiro atoms. The summed E-state index contributed by atoms with van der Waals surface area (Å²) in [4.78, 5) is 26.0. The number of ether oxygens (including phenoxy) is 1. The largest absolute Gasteiger partial charge is 0.508 e. The standard InChI is InChI=1S/C39H54O5/c1-24-16-21-39(34(42)43)23-22-37(6)28(33(39)25(24)2)13-14-30-36(5)19-18-31(35(3,4)29(36)17-20-38(30,37)7)44-32(41)15-10-26-8-11-27(40)12-9-26/h8-13,15,24-25,29-31,33,40H,14,16-23H2,1-7H3,(H,42,43)/b15-10+/t24-,25+,29+,30-,31+,33?,36+,37-,38-,39+/m1/s1. The molecule has 44 heavy (non-hydrogen) atoms. The van der Waals surface area contributed by atoms with Gasteiger partial charge >= 0.3 is 11.9 Å². The topological polar surface area (TPSA) is 83.8 Å². The highest BCUT2D eigenvalue weighted by molar-refractivity contribution is 5.87. The van der Waals surface area contributed by atoms with Gasteiger partial charge in [0.2, 0.25) is 0 Å². The summed E-state index contributed by atoms with van der Waals surface area (Å²) in [5, 5.41) is 20.2. The fourth-order valence-corrected chi connectivity index (χ4v) is 12.0. The second-order valence-electron chi connectivity index (χ2n) is 16.8. The highest BCUT2D eigenvalue weighted by Crippen LogP contribution is 2.75. The van der Waals surface area contributed by atoms with Crippen molar-refractivity contribution in [1.29, 1.82) is 0 Å². The van der Waals surface area contributed by atoms with Gasteiger partial charge in [0.05, 0.1) is 5.41 Å². The van der Waals surface area contributed by atoms with Crippen LogP contribution < -0.4 is 0 Å². The van der Waals surface area contributed by atoms with E-state index in [2.05, 4.69) is 54.5 Å². The molecule has 240 valence electrons. The number of carbonyl (C=O) groups excluding carboxylic acids is 1. The second-order valence-corrected chi connectivity index (χ2v) is 16.8. The Balaban J connectivity index is 1.27. The molecule has 0 aromatic heterocycles. The number of rotatable bonds is 4. The number of phenolic OH excluding ortho intramolecular Hbond substituents is 1. The molecule has 0 radical (unpaired) electrons. The van der Waals surface area contributed by atoms with Crippen LogP contribution in [-0.2, 0) is 14.3 Å². The number of fused-ring (bicyclic) bond motifs is 7. The van der Waals surface area contributed by atoms with Crippen molar-refractivity contribution >= 4 is 18.0 Å². The third kappa shape index (κ3) is 4.37. The molecule has 6 rings (SSSR count). The lowest BCUT2D eigenvalue weighted by Gasteiger charge is -2.71. The van der Waals surface area contributed by atoms with Gasteiger partial charge in [-0.05, 0) is 127 Å². The molecule has 0 heterocycles. The Kier molecular flexibility index (Phi) is 7.49. The Bertz CT molecular complexity index is 1370. The average Bonchev–Trinajstić information content (AvgIpc) is 2.96. The summed E-state index contributed by atoms with van der Waals surface area (Å²) < 4.78 is 6.18. The number of esters is 1. The molecule has 4 fully saturated rings. The van der Waals surface area contributed by atoms with Gasteiger partial charge in [0.25, 0.3) is 0 Å². The van der Waals surface area contributed by atoms with Crippen LogP contribution in [0.3, 0.4) is 0 Å². The monoisotopic (exact) mass is 602 g/mol. The number of aromatic hydroxyl groups is 1. The van der Waals surface area contributed by atoms with Crippen LogP contribution in [0.25, 0.3) is 6.08 Å². The summed E-state index contributed by atoms with van der Waals surface area (Å²) in [7, 11) is 0. The molecule has 5 heteroatoms. The predicted octanol–water partition coefficient (Wildman–Crippen LogP) is 9.06. The molecule has 1 unspecified atom stereocenters. The predicted molar refractivity (Wildman–Crippen MR) is 174 cm³/mol. The van der Waals surface area contributed by atoms with E-state index < -0.39 is 11.4 Å². The van der Waals surface area contributed by atoms with Gasteiger partial charge in [-0.25, -0.2) is 4.79 Å². The second kappa shape index (κ2) is 10.5. The third-order valence-corrected chi connectivity index (χ3v) is 14.9. The molecule has 1 aromatic carbocycles. The van der Waals surface area contributed by atoms with Gasteiger partial charge in [-0.3, -0.25) is 4.79 Å². The van der Waals surface area contributed by atoms with Crippen LogP contribution in [-0.4, -0.2) is 28.3 Å². The summed E-state index contributed by atoms with van der Waals surface area (Å²) in [5.41, 5.74) is 1.81. The maximum atomic E-state index is 13.0. The molecule has 5 aliphatic carbocycles. The molecule has 0 aliphatic heterocycles. The number of carboxylic acids is 1. The number of carboxylic acid groups (broad SMARTS) is 1. The summed E-state index contributed by atoms with van der Waals surface area (Å²) in [6.07, 6.45) is 14.4. The van der Waals surface area contributed by atoms with Gasteiger partial charge in [-0.15, -0.1) is 0 Å². The number of benzene rings is 1. The molecule has 5 nitrogen and oxygen atoms in total. The maximum absolute atomic E-state index is 13.0. The van der Waals surface area contributed by atoms with Crippen LogP contribution in [0.2, 0.25) is 0 Å². The normalized spacial score (nSPS) is 44.4. The number of aliphatic carboxylic acids is 1. The summed E-state index contributed by atoms with van der Waals surface area (Å²) in [6, 6.07) is 6.79. The number of carbonyl (C=O) groups is 2. The van der Waals surface area contributed by atoms with Crippen LogP contribution in [0, 0.1) is 56.7 Å². The molecule has 0 amide bonds. The zero-order valence-electron chi connectivity index (χ0n) is 28.0. The molecule has 0 saturated heterocycles. The lowest BCUT2D eigenvalue weighted by molar-refractivity contribution is -0.213. The van der Waals surface area contributed by atoms with E-state index >= 15 is 0 Å². The third-order valence-electron chi connectivity index (χ3n) is 14.9. The van der Waals surface area contributed by atoms with Gasteiger partial charge in [0, 0.05) is 11.5 Å². The first-order chi connectivity index (χ1) is 20.6. The van der Waals surface area contributed by atoms with E-state index in [1.165, 1.54) is 11.6 Å². The molecular formula is C39H54O5. The first-order valence-corrected chi connectivity index (χ1v) is 17.2. The van der Waals surface area contributed by atoms with Crippen molar-refractivity contribution in [3.63, 3.8) is 0 Å². The van der Waals surface area contributed by atoms with Gasteiger partial charge < -0.3 is 14.9 Å². The highest BCUT2D eigenvalue weighted by Gasteiger charge is 2.69. The highest BCUT2D eigenvalue weighted by atomic mass is 16.5. The van der Waals surface area contributed by atoms with Gasteiger partial charge in [-0.2, -0.15) is 0 Å². The van der Waals surface area contributed by atoms with E-state index in [0.29, 0.717) is 23.7 Å². The van der Waals surface area contributed by atoms with Crippen molar-refractivity contribution in [3.8, 4) is 5.75 Å². The van der Waals surface area contributed by atoms with Crippen molar-refractivity contribution in [1.82, 2.24) is 0 Å². The maximum Gasteiger partial charge on any atom is 0.331 e. The lowest BCUT2D eigenvalue weighted by atomic mass is 9.33. The Morgan fingerprint density at radius 3 is 2.27 bits per heavy atom. The molecular weight excluding hydrogens is 548 g/mol. The fourth-order valence-electron chi connectivity index (χ4n) is 12.0. The molecule has 10 atom stereocenters. The van der Waals surface area contributed by atoms with E-state index in [4.69, 9.17) is 4.74 Å². The number of allylic oxidation sites excluding steroid dienone is 2. The van der Waals surface area contributed by atoms with Crippen LogP contribution in [0.4, 0.5) is 0 Å². The summed E-state index contributed by atoms with van der Waals surface area (Å²) >= 11 is 0. The van der Waals surface area contributed by atoms with Crippen LogP contribution >= 0.6 is 0 Å². The van der Waals surface area contributed by atoms with E-state index in [-0.39, 0.29) is 45.4 Å². The Labute approximate surface area is 264 Å². The first-order valence-electron chi connectivity index (χ1n) is 17.2. The fraction of sp³-hybridized carbons (Fsp3) is 0.692. The zero-order chi connectivity index (χ0) is 31.9. The molecule has 5 aliphatic rings. The SMILES string of the molecule is C[C@@H]1CC[C@]2(C(=O)O)CC[C@]3(C)C(=CC[C@@H]4[C@@]5(C)CC[C@H](OC(=O)/C=C/c6ccc(O)cc6)C(C)(C)[C@@H]5CC[C@]43C)C2[C@H]1C. The van der Waals surface area contributed by atoms with E-state index in [1.807, 2.05) is 0 Å². The quantitative estimate of drug-likeness (QED) is 0.204. The number of hydrogen-bond donors (Lipinski definition) is 2. The lowest BCUT2D eigenvalue weighted by Crippen LogP contribution is -2.65. The van der Waals surface area contributed by atoms with Gasteiger partial charge in [-0.1, -0.05) is 72.2 Å². The molecule has 4 saturated carbocycles. The van der Waals surface area contributed by atoms with E-state index in [1.54, 1.807) is 30.3 Å². The van der Waals surface area contributed by atoms with Crippen molar-refractivity contribution in [2.75, 3.05) is 0 Å².